The van der Waals surface area contributed by atoms with Crippen LogP contribution in [0.4, 0.5) is 4.79 Å². The lowest BCUT2D eigenvalue weighted by Gasteiger charge is -2.17. The van der Waals surface area contributed by atoms with Crippen molar-refractivity contribution in [2.45, 2.75) is 18.2 Å². The molecule has 122 valence electrons. The van der Waals surface area contributed by atoms with Gasteiger partial charge in [0, 0.05) is 25.9 Å². The molecule has 0 spiro atoms. The summed E-state index contributed by atoms with van der Waals surface area (Å²) in [6, 6.07) is 4.52. The highest BCUT2D eigenvalue weighted by Gasteiger charge is 2.32. The van der Waals surface area contributed by atoms with E-state index in [1.165, 1.54) is 24.3 Å². The fourth-order valence-electron chi connectivity index (χ4n) is 2.38. The minimum atomic E-state index is -3.12. The smallest absolute Gasteiger partial charge is 0.317 e. The molecular formula is C14H20N2O5S. The number of urea groups is 1. The molecule has 1 aromatic rings. The number of phenolic OH excluding ortho intramolecular Hbond substituents is 1. The van der Waals surface area contributed by atoms with Gasteiger partial charge in [-0.3, -0.25) is 0 Å². The number of hydrogen-bond acceptors (Lipinski definition) is 5. The molecule has 1 atom stereocenters. The van der Waals surface area contributed by atoms with E-state index in [0.29, 0.717) is 18.7 Å². The second kappa shape index (κ2) is 6.43. The van der Waals surface area contributed by atoms with Gasteiger partial charge in [0.15, 0.2) is 21.3 Å². The van der Waals surface area contributed by atoms with Crippen molar-refractivity contribution in [2.24, 2.45) is 0 Å². The minimum Gasteiger partial charge on any atom is -0.504 e. The Morgan fingerprint density at radius 1 is 1.50 bits per heavy atom. The number of benzene rings is 1. The second-order valence-electron chi connectivity index (χ2n) is 5.35. The molecule has 1 fully saturated rings. The third kappa shape index (κ3) is 3.82. The van der Waals surface area contributed by atoms with Crippen LogP contribution in [0.1, 0.15) is 12.0 Å². The quantitative estimate of drug-likeness (QED) is 0.849. The number of ether oxygens (including phenoxy) is 1. The number of methoxy groups -OCH3 is 1. The summed E-state index contributed by atoms with van der Waals surface area (Å²) in [6.07, 6.45) is 1.67. The molecule has 2 N–H and O–H groups in total. The molecule has 1 saturated heterocycles. The maximum atomic E-state index is 12.1. The van der Waals surface area contributed by atoms with Gasteiger partial charge in [-0.05, 0) is 24.1 Å². The summed E-state index contributed by atoms with van der Waals surface area (Å²) in [5.74, 6) is 0.373. The first kappa shape index (κ1) is 16.4. The number of likely N-dealkylation sites (tertiary alicyclic amines) is 1. The van der Waals surface area contributed by atoms with Crippen LogP contribution in [0.15, 0.2) is 18.2 Å². The molecule has 0 radical (unpaired) electrons. The van der Waals surface area contributed by atoms with Crippen molar-refractivity contribution >= 4 is 15.9 Å². The Kier molecular flexibility index (Phi) is 4.80. The average molecular weight is 328 g/mol. The van der Waals surface area contributed by atoms with Gasteiger partial charge in [-0.15, -0.1) is 0 Å². The standard InChI is InChI=1S/C14H20N2O5S/c1-21-13-7-10(3-4-12(13)17)8-15-14(18)16-6-5-11(9-16)22(2,19)20/h3-4,7,11,17H,5-6,8-9H2,1-2H3,(H,15,18). The van der Waals surface area contributed by atoms with E-state index in [-0.39, 0.29) is 24.9 Å². The molecule has 2 rings (SSSR count). The van der Waals surface area contributed by atoms with Gasteiger partial charge in [0.25, 0.3) is 0 Å². The first-order chi connectivity index (χ1) is 10.3. The first-order valence-electron chi connectivity index (χ1n) is 6.89. The molecular weight excluding hydrogens is 308 g/mol. The van der Waals surface area contributed by atoms with E-state index in [0.717, 1.165) is 5.56 Å². The van der Waals surface area contributed by atoms with Crippen molar-refractivity contribution in [2.75, 3.05) is 26.5 Å². The van der Waals surface area contributed by atoms with Gasteiger partial charge >= 0.3 is 6.03 Å². The Morgan fingerprint density at radius 2 is 2.23 bits per heavy atom. The summed E-state index contributed by atoms with van der Waals surface area (Å²) in [7, 11) is -1.66. The van der Waals surface area contributed by atoms with Crippen LogP contribution in [0.2, 0.25) is 0 Å². The molecule has 2 amide bonds. The lowest BCUT2D eigenvalue weighted by molar-refractivity contribution is 0.208. The van der Waals surface area contributed by atoms with E-state index in [4.69, 9.17) is 4.74 Å². The fraction of sp³-hybridized carbons (Fsp3) is 0.500. The van der Waals surface area contributed by atoms with Gasteiger partial charge in [0.05, 0.1) is 12.4 Å². The Labute approximate surface area is 129 Å². The predicted molar refractivity (Wildman–Crippen MR) is 81.7 cm³/mol. The predicted octanol–water partition coefficient (Wildman–Crippen LogP) is 0.729. The van der Waals surface area contributed by atoms with Gasteiger partial charge in [0.2, 0.25) is 0 Å². The monoisotopic (exact) mass is 328 g/mol. The Bertz CT molecular complexity index is 659. The summed E-state index contributed by atoms with van der Waals surface area (Å²) >= 11 is 0. The summed E-state index contributed by atoms with van der Waals surface area (Å²) < 4.78 is 28.0. The van der Waals surface area contributed by atoms with Crippen LogP contribution in [0.5, 0.6) is 11.5 Å². The van der Waals surface area contributed by atoms with Crippen LogP contribution >= 0.6 is 0 Å². The number of nitrogens with one attached hydrogen (secondary N) is 1. The topological polar surface area (TPSA) is 95.9 Å². The number of rotatable bonds is 4. The van der Waals surface area contributed by atoms with Crippen LogP contribution in [-0.4, -0.2) is 56.2 Å². The molecule has 1 aliphatic rings. The largest absolute Gasteiger partial charge is 0.504 e. The van der Waals surface area contributed by atoms with Crippen LogP contribution in [0.3, 0.4) is 0 Å². The Morgan fingerprint density at radius 3 is 2.82 bits per heavy atom. The van der Waals surface area contributed by atoms with Gasteiger partial charge < -0.3 is 20.1 Å². The minimum absolute atomic E-state index is 0.0353. The van der Waals surface area contributed by atoms with Gasteiger partial charge in [-0.1, -0.05) is 6.07 Å². The van der Waals surface area contributed by atoms with Gasteiger partial charge in [0.1, 0.15) is 0 Å². The molecule has 1 heterocycles. The van der Waals surface area contributed by atoms with Crippen LogP contribution in [0.25, 0.3) is 0 Å². The normalized spacial score (nSPS) is 18.3. The number of phenols is 1. The third-order valence-electron chi connectivity index (χ3n) is 3.73. The fourth-order valence-corrected chi connectivity index (χ4v) is 3.37. The van der Waals surface area contributed by atoms with Crippen molar-refractivity contribution < 1.29 is 23.1 Å². The highest BCUT2D eigenvalue weighted by atomic mass is 32.2. The van der Waals surface area contributed by atoms with E-state index in [9.17, 15) is 18.3 Å². The van der Waals surface area contributed by atoms with E-state index >= 15 is 0 Å². The number of carbonyl (C=O) groups excluding carboxylic acids is 1. The third-order valence-corrected chi connectivity index (χ3v) is 5.32. The summed E-state index contributed by atoms with van der Waals surface area (Å²) in [5.41, 5.74) is 0.779. The molecule has 1 aliphatic heterocycles. The highest BCUT2D eigenvalue weighted by molar-refractivity contribution is 7.91. The Balaban J connectivity index is 1.91. The highest BCUT2D eigenvalue weighted by Crippen LogP contribution is 2.26. The Hall–Kier alpha value is -1.96. The summed E-state index contributed by atoms with van der Waals surface area (Å²) in [6.45, 7) is 0.932. The maximum absolute atomic E-state index is 12.1. The summed E-state index contributed by atoms with van der Waals surface area (Å²) in [5, 5.41) is 11.8. The zero-order valence-corrected chi connectivity index (χ0v) is 13.4. The van der Waals surface area contributed by atoms with Gasteiger partial charge in [-0.25, -0.2) is 13.2 Å². The van der Waals surface area contributed by atoms with Crippen molar-refractivity contribution in [1.29, 1.82) is 0 Å². The number of sulfone groups is 1. The number of carbonyl (C=O) groups is 1. The maximum Gasteiger partial charge on any atom is 0.317 e. The van der Waals surface area contributed by atoms with Crippen molar-refractivity contribution in [3.05, 3.63) is 23.8 Å². The molecule has 0 aliphatic carbocycles. The number of amides is 2. The lowest BCUT2D eigenvalue weighted by atomic mass is 10.2. The van der Waals surface area contributed by atoms with E-state index in [1.54, 1.807) is 12.1 Å². The van der Waals surface area contributed by atoms with Crippen LogP contribution in [0, 0.1) is 0 Å². The molecule has 0 aromatic heterocycles. The number of hydrogen-bond donors (Lipinski definition) is 2. The lowest BCUT2D eigenvalue weighted by Crippen LogP contribution is -2.39. The van der Waals surface area contributed by atoms with Crippen LogP contribution < -0.4 is 10.1 Å². The molecule has 0 saturated carbocycles. The molecule has 1 aromatic carbocycles. The number of nitrogens with zero attached hydrogens (tertiary/aromatic N) is 1. The molecule has 8 heteroatoms. The first-order valence-corrected chi connectivity index (χ1v) is 8.84. The van der Waals surface area contributed by atoms with E-state index < -0.39 is 15.1 Å². The zero-order chi connectivity index (χ0) is 16.3. The molecule has 22 heavy (non-hydrogen) atoms. The summed E-state index contributed by atoms with van der Waals surface area (Å²) in [4.78, 5) is 13.6. The average Bonchev–Trinajstić information content (AvgIpc) is 2.96. The van der Waals surface area contributed by atoms with Gasteiger partial charge in [-0.2, -0.15) is 0 Å². The molecule has 1 unspecified atom stereocenters. The molecule has 7 nitrogen and oxygen atoms in total. The van der Waals surface area contributed by atoms with Crippen molar-refractivity contribution in [1.82, 2.24) is 10.2 Å². The second-order valence-corrected chi connectivity index (χ2v) is 7.68. The van der Waals surface area contributed by atoms with Crippen molar-refractivity contribution in [3.8, 4) is 11.5 Å². The molecule has 0 bridgehead atoms. The van der Waals surface area contributed by atoms with Crippen LogP contribution in [-0.2, 0) is 16.4 Å². The van der Waals surface area contributed by atoms with Crippen molar-refractivity contribution in [3.63, 3.8) is 0 Å². The van der Waals surface area contributed by atoms with E-state index in [1.807, 2.05) is 0 Å². The number of aromatic hydroxyl groups is 1. The SMILES string of the molecule is COc1cc(CNC(=O)N2CCC(S(C)(=O)=O)C2)ccc1O. The zero-order valence-electron chi connectivity index (χ0n) is 12.6. The van der Waals surface area contributed by atoms with E-state index in [2.05, 4.69) is 5.32 Å².